The third-order valence-corrected chi connectivity index (χ3v) is 4.75. The number of hydrazone groups is 1. The zero-order chi connectivity index (χ0) is 19.9. The van der Waals surface area contributed by atoms with Crippen LogP contribution in [0.3, 0.4) is 0 Å². The molecule has 3 N–H and O–H groups in total. The number of halogens is 2. The number of carbonyl (C=O) groups excluding carboxylic acids is 1. The summed E-state index contributed by atoms with van der Waals surface area (Å²) in [5, 5.41) is 4.94. The number of aromatic nitrogens is 2. The number of nitrogens with two attached hydrogens (primary N) is 1. The molecule has 1 unspecified atom stereocenters. The fourth-order valence-corrected chi connectivity index (χ4v) is 2.82. The fraction of sp³-hybridized carbons (Fsp3) is 0.100. The van der Waals surface area contributed by atoms with Gasteiger partial charge in [0.2, 0.25) is 0 Å². The molecule has 0 spiro atoms. The van der Waals surface area contributed by atoms with Gasteiger partial charge in [-0.3, -0.25) is 14.8 Å². The maximum Gasteiger partial charge on any atom is 0.169 e. The first kappa shape index (κ1) is 19.8. The molecule has 28 heavy (non-hydrogen) atoms. The van der Waals surface area contributed by atoms with E-state index in [-0.39, 0.29) is 18.0 Å². The number of ketones is 1. The molecule has 0 radical (unpaired) electrons. The molecular formula is C20H17Cl2N5O. The summed E-state index contributed by atoms with van der Waals surface area (Å²) in [5.74, 6) is 0.112. The van der Waals surface area contributed by atoms with Gasteiger partial charge in [-0.2, -0.15) is 5.10 Å². The van der Waals surface area contributed by atoms with E-state index < -0.39 is 6.04 Å². The molecule has 3 rings (SSSR count). The summed E-state index contributed by atoms with van der Waals surface area (Å²) in [7, 11) is 0. The maximum absolute atomic E-state index is 12.8. The topological polar surface area (TPSA) is 93.3 Å². The molecule has 1 aromatic carbocycles. The van der Waals surface area contributed by atoms with Crippen LogP contribution in [0.15, 0.2) is 72.2 Å². The summed E-state index contributed by atoms with van der Waals surface area (Å²) in [5.41, 5.74) is 10.8. The molecule has 0 aliphatic rings. The van der Waals surface area contributed by atoms with Gasteiger partial charge in [-0.25, -0.2) is 0 Å². The van der Waals surface area contributed by atoms with Crippen LogP contribution >= 0.6 is 23.2 Å². The van der Waals surface area contributed by atoms with Gasteiger partial charge in [0, 0.05) is 30.6 Å². The first-order valence-electron chi connectivity index (χ1n) is 8.43. The fourth-order valence-electron chi connectivity index (χ4n) is 2.53. The molecule has 2 heterocycles. The Morgan fingerprint density at radius 3 is 2.54 bits per heavy atom. The molecule has 0 fully saturated rings. The van der Waals surface area contributed by atoms with Crippen LogP contribution in [0.5, 0.6) is 0 Å². The normalized spacial score (nSPS) is 12.4. The van der Waals surface area contributed by atoms with E-state index in [1.165, 1.54) is 0 Å². The molecule has 0 aliphatic heterocycles. The number of hydrogen-bond donors (Lipinski definition) is 2. The predicted octanol–water partition coefficient (Wildman–Crippen LogP) is 4.01. The van der Waals surface area contributed by atoms with E-state index in [0.717, 1.165) is 5.56 Å². The molecular weight excluding hydrogens is 397 g/mol. The minimum absolute atomic E-state index is 0.112. The molecule has 8 heteroatoms. The minimum atomic E-state index is -0.410. The van der Waals surface area contributed by atoms with Crippen LogP contribution < -0.4 is 11.2 Å². The van der Waals surface area contributed by atoms with E-state index in [4.69, 9.17) is 28.9 Å². The van der Waals surface area contributed by atoms with Crippen molar-refractivity contribution in [2.24, 2.45) is 10.8 Å². The quantitative estimate of drug-likeness (QED) is 0.264. The number of Topliss-reactive ketones (excluding diaryl/α,β-unsaturated/α-hetero) is 1. The van der Waals surface area contributed by atoms with Gasteiger partial charge >= 0.3 is 0 Å². The Labute approximate surface area is 172 Å². The number of nitrogens with zero attached hydrogens (tertiary/aromatic N) is 3. The summed E-state index contributed by atoms with van der Waals surface area (Å²) in [6.07, 6.45) is 5.08. The smallest absolute Gasteiger partial charge is 0.169 e. The lowest BCUT2D eigenvalue weighted by Gasteiger charge is -2.17. The Morgan fingerprint density at radius 2 is 1.86 bits per heavy atom. The first-order chi connectivity index (χ1) is 13.5. The van der Waals surface area contributed by atoms with Crippen molar-refractivity contribution in [2.45, 2.75) is 12.5 Å². The Kier molecular flexibility index (Phi) is 6.57. The van der Waals surface area contributed by atoms with Crippen LogP contribution in [-0.4, -0.2) is 21.6 Å². The number of amidine groups is 1. The molecule has 0 bridgehead atoms. The molecule has 3 aromatic rings. The molecule has 6 nitrogen and oxygen atoms in total. The first-order valence-corrected chi connectivity index (χ1v) is 9.18. The van der Waals surface area contributed by atoms with Gasteiger partial charge in [0.05, 0.1) is 16.1 Å². The Balaban J connectivity index is 1.81. The SMILES string of the molecule is N/C(=N\NC(CC(=O)c1ccc(Cl)c(Cl)c1)c1ccncc1)c1ccccn1. The van der Waals surface area contributed by atoms with Crippen molar-refractivity contribution in [3.8, 4) is 0 Å². The molecule has 0 saturated heterocycles. The monoisotopic (exact) mass is 413 g/mol. The molecule has 0 saturated carbocycles. The summed E-state index contributed by atoms with van der Waals surface area (Å²) >= 11 is 12.0. The average Bonchev–Trinajstić information content (AvgIpc) is 2.74. The van der Waals surface area contributed by atoms with Crippen LogP contribution in [0, 0.1) is 0 Å². The van der Waals surface area contributed by atoms with E-state index in [1.807, 2.05) is 18.2 Å². The van der Waals surface area contributed by atoms with Crippen LogP contribution in [-0.2, 0) is 0 Å². The highest BCUT2D eigenvalue weighted by atomic mass is 35.5. The Hall–Kier alpha value is -2.96. The maximum atomic E-state index is 12.8. The third-order valence-electron chi connectivity index (χ3n) is 4.01. The van der Waals surface area contributed by atoms with Crippen LogP contribution in [0.25, 0.3) is 0 Å². The van der Waals surface area contributed by atoms with E-state index in [0.29, 0.717) is 21.3 Å². The Morgan fingerprint density at radius 1 is 1.07 bits per heavy atom. The number of carbonyl (C=O) groups is 1. The summed E-state index contributed by atoms with van der Waals surface area (Å²) in [6, 6.07) is 13.4. The van der Waals surface area contributed by atoms with Crippen molar-refractivity contribution < 1.29 is 4.79 Å². The highest BCUT2D eigenvalue weighted by molar-refractivity contribution is 6.42. The number of hydrogen-bond acceptors (Lipinski definition) is 5. The van der Waals surface area contributed by atoms with Crippen molar-refractivity contribution in [3.63, 3.8) is 0 Å². The van der Waals surface area contributed by atoms with Gasteiger partial charge < -0.3 is 11.2 Å². The third kappa shape index (κ3) is 5.06. The standard InChI is InChI=1S/C20H17Cl2N5O/c21-15-5-4-14(11-16(15)22)19(28)12-18(13-6-9-24-10-7-13)26-27-20(23)17-3-1-2-8-25-17/h1-11,18,26H,12H2,(H2,23,27). The molecule has 1 atom stereocenters. The van der Waals surface area contributed by atoms with E-state index in [9.17, 15) is 4.79 Å². The lowest BCUT2D eigenvalue weighted by molar-refractivity contribution is 0.0968. The van der Waals surface area contributed by atoms with Crippen molar-refractivity contribution in [1.29, 1.82) is 0 Å². The Bertz CT molecular complexity index is 980. The lowest BCUT2D eigenvalue weighted by Crippen LogP contribution is -2.25. The average molecular weight is 414 g/mol. The second kappa shape index (κ2) is 9.30. The zero-order valence-electron chi connectivity index (χ0n) is 14.7. The van der Waals surface area contributed by atoms with Crippen LogP contribution in [0.4, 0.5) is 0 Å². The molecule has 142 valence electrons. The molecule has 0 aliphatic carbocycles. The van der Waals surface area contributed by atoms with Crippen molar-refractivity contribution in [1.82, 2.24) is 15.4 Å². The summed E-state index contributed by atoms with van der Waals surface area (Å²) < 4.78 is 0. The lowest BCUT2D eigenvalue weighted by atomic mass is 9.99. The van der Waals surface area contributed by atoms with E-state index in [2.05, 4.69) is 20.5 Å². The zero-order valence-corrected chi connectivity index (χ0v) is 16.2. The molecule has 2 aromatic heterocycles. The highest BCUT2D eigenvalue weighted by Crippen LogP contribution is 2.25. The minimum Gasteiger partial charge on any atom is -0.380 e. The summed E-state index contributed by atoms with van der Waals surface area (Å²) in [4.78, 5) is 20.9. The van der Waals surface area contributed by atoms with Crippen molar-refractivity contribution in [3.05, 3.63) is 94.0 Å². The van der Waals surface area contributed by atoms with Gasteiger partial charge in [0.25, 0.3) is 0 Å². The van der Waals surface area contributed by atoms with Crippen LogP contribution in [0.2, 0.25) is 10.0 Å². The number of pyridine rings is 2. The van der Waals surface area contributed by atoms with E-state index in [1.54, 1.807) is 48.9 Å². The number of benzene rings is 1. The largest absolute Gasteiger partial charge is 0.380 e. The highest BCUT2D eigenvalue weighted by Gasteiger charge is 2.18. The number of rotatable bonds is 7. The predicted molar refractivity (Wildman–Crippen MR) is 110 cm³/mol. The summed E-state index contributed by atoms with van der Waals surface area (Å²) in [6.45, 7) is 0. The van der Waals surface area contributed by atoms with Crippen molar-refractivity contribution >= 4 is 34.8 Å². The van der Waals surface area contributed by atoms with Gasteiger partial charge in [0.1, 0.15) is 5.69 Å². The van der Waals surface area contributed by atoms with Gasteiger partial charge in [-0.1, -0.05) is 29.3 Å². The van der Waals surface area contributed by atoms with E-state index >= 15 is 0 Å². The second-order valence-corrected chi connectivity index (χ2v) is 6.74. The van der Waals surface area contributed by atoms with Crippen LogP contribution in [0.1, 0.15) is 34.1 Å². The van der Waals surface area contributed by atoms with Gasteiger partial charge in [0.15, 0.2) is 11.6 Å². The molecule has 0 amide bonds. The van der Waals surface area contributed by atoms with Gasteiger partial charge in [-0.15, -0.1) is 0 Å². The second-order valence-electron chi connectivity index (χ2n) is 5.93. The van der Waals surface area contributed by atoms with Gasteiger partial charge in [-0.05, 0) is 48.0 Å². The van der Waals surface area contributed by atoms with Crippen molar-refractivity contribution in [2.75, 3.05) is 0 Å². The number of nitrogens with one attached hydrogen (secondary N) is 1.